The smallest absolute Gasteiger partial charge is 0.309 e. The van der Waals surface area contributed by atoms with Gasteiger partial charge in [0, 0.05) is 26.5 Å². The van der Waals surface area contributed by atoms with E-state index in [2.05, 4.69) is 4.98 Å². The fourth-order valence-corrected chi connectivity index (χ4v) is 1.52. The second kappa shape index (κ2) is 2.76. The Bertz CT molecular complexity index is 367. The van der Waals surface area contributed by atoms with Gasteiger partial charge in [-0.2, -0.15) is 16.7 Å². The van der Waals surface area contributed by atoms with Crippen LogP contribution < -0.4 is 5.73 Å². The second-order valence-electron chi connectivity index (χ2n) is 2.37. The van der Waals surface area contributed by atoms with Gasteiger partial charge in [-0.25, -0.2) is 4.98 Å². The number of nitrogens with zero attached hydrogens (tertiary/aromatic N) is 3. The number of aromatic nitrogens is 2. The highest BCUT2D eigenvalue weighted by Crippen LogP contribution is 2.05. The average Bonchev–Trinajstić information content (AvgIpc) is 2.35. The van der Waals surface area contributed by atoms with Crippen molar-refractivity contribution in [3.05, 3.63) is 12.4 Å². The highest BCUT2D eigenvalue weighted by atomic mass is 32.2. The van der Waals surface area contributed by atoms with Crippen LogP contribution in [0.15, 0.2) is 12.4 Å². The van der Waals surface area contributed by atoms with Gasteiger partial charge in [0.25, 0.3) is 0 Å². The molecule has 12 heavy (non-hydrogen) atoms. The normalized spacial score (nSPS) is 12.2. The van der Waals surface area contributed by atoms with Crippen molar-refractivity contribution >= 4 is 16.2 Å². The van der Waals surface area contributed by atoms with E-state index in [1.54, 1.807) is 0 Å². The van der Waals surface area contributed by atoms with E-state index >= 15 is 0 Å². The summed E-state index contributed by atoms with van der Waals surface area (Å²) < 4.78 is 24.7. The summed E-state index contributed by atoms with van der Waals surface area (Å²) in [5.74, 6) is -0.0382. The lowest BCUT2D eigenvalue weighted by molar-refractivity contribution is 0.511. The van der Waals surface area contributed by atoms with Crippen molar-refractivity contribution < 1.29 is 8.42 Å². The minimum absolute atomic E-state index is 0.0382. The molecule has 1 heterocycles. The quantitative estimate of drug-likeness (QED) is 0.656. The lowest BCUT2D eigenvalue weighted by Crippen LogP contribution is -2.29. The monoisotopic (exact) mass is 190 g/mol. The van der Waals surface area contributed by atoms with Gasteiger partial charge in [-0.3, -0.25) is 0 Å². The predicted molar refractivity (Wildman–Crippen MR) is 44.6 cm³/mol. The maximum absolute atomic E-state index is 11.4. The molecule has 0 aliphatic rings. The summed E-state index contributed by atoms with van der Waals surface area (Å²) >= 11 is 0. The van der Waals surface area contributed by atoms with Crippen LogP contribution >= 0.6 is 0 Å². The first-order valence-corrected chi connectivity index (χ1v) is 4.58. The van der Waals surface area contributed by atoms with E-state index in [0.29, 0.717) is 0 Å². The standard InChI is InChI=1S/C5H10N4O2S/c1-8(2)12(10,11)9-4-3-7-5(9)6/h3-4H,1-2H3,(H2,6,7). The molecule has 0 spiro atoms. The molecule has 0 atom stereocenters. The largest absolute Gasteiger partial charge is 0.368 e. The number of nitrogens with two attached hydrogens (primary N) is 1. The van der Waals surface area contributed by atoms with Gasteiger partial charge < -0.3 is 5.73 Å². The van der Waals surface area contributed by atoms with Crippen LogP contribution in [-0.2, 0) is 10.2 Å². The van der Waals surface area contributed by atoms with E-state index in [9.17, 15) is 8.42 Å². The summed E-state index contributed by atoms with van der Waals surface area (Å²) in [4.78, 5) is 3.60. The zero-order valence-electron chi connectivity index (χ0n) is 6.80. The first-order chi connectivity index (χ1) is 5.46. The summed E-state index contributed by atoms with van der Waals surface area (Å²) in [5.41, 5.74) is 5.31. The van der Waals surface area contributed by atoms with Gasteiger partial charge in [-0.05, 0) is 0 Å². The van der Waals surface area contributed by atoms with E-state index < -0.39 is 10.2 Å². The molecule has 0 fully saturated rings. The molecular weight excluding hydrogens is 180 g/mol. The average molecular weight is 190 g/mol. The molecule has 1 aromatic rings. The minimum Gasteiger partial charge on any atom is -0.368 e. The van der Waals surface area contributed by atoms with Gasteiger partial charge in [-0.15, -0.1) is 0 Å². The highest BCUT2D eigenvalue weighted by Gasteiger charge is 2.17. The van der Waals surface area contributed by atoms with E-state index in [4.69, 9.17) is 5.73 Å². The van der Waals surface area contributed by atoms with Gasteiger partial charge in [0.15, 0.2) is 0 Å². The molecule has 1 rings (SSSR count). The molecule has 0 saturated heterocycles. The maximum Gasteiger partial charge on any atom is 0.309 e. The molecule has 0 aliphatic heterocycles. The van der Waals surface area contributed by atoms with Crippen LogP contribution in [0.25, 0.3) is 0 Å². The summed E-state index contributed by atoms with van der Waals surface area (Å²) in [6.45, 7) is 0. The molecule has 2 N–H and O–H groups in total. The molecule has 0 saturated carbocycles. The van der Waals surface area contributed by atoms with Gasteiger partial charge in [0.1, 0.15) is 0 Å². The number of hydrogen-bond acceptors (Lipinski definition) is 4. The van der Waals surface area contributed by atoms with Crippen molar-refractivity contribution in [1.29, 1.82) is 0 Å². The third kappa shape index (κ3) is 1.28. The fraction of sp³-hybridized carbons (Fsp3) is 0.400. The van der Waals surface area contributed by atoms with Gasteiger partial charge in [0.2, 0.25) is 5.95 Å². The summed E-state index contributed by atoms with van der Waals surface area (Å²) in [6.07, 6.45) is 2.63. The van der Waals surface area contributed by atoms with Crippen molar-refractivity contribution in [2.75, 3.05) is 19.8 Å². The Morgan fingerprint density at radius 2 is 2.17 bits per heavy atom. The number of nitrogen functional groups attached to an aromatic ring is 1. The lowest BCUT2D eigenvalue weighted by atomic mass is 11.0. The number of rotatable bonds is 2. The van der Waals surface area contributed by atoms with Crippen LogP contribution in [0.1, 0.15) is 0 Å². The molecule has 7 heteroatoms. The third-order valence-corrected chi connectivity index (χ3v) is 3.07. The van der Waals surface area contributed by atoms with E-state index in [1.807, 2.05) is 0 Å². The van der Waals surface area contributed by atoms with Crippen molar-refractivity contribution in [1.82, 2.24) is 13.3 Å². The predicted octanol–water partition coefficient (Wildman–Crippen LogP) is -0.880. The van der Waals surface area contributed by atoms with E-state index in [-0.39, 0.29) is 5.95 Å². The first kappa shape index (κ1) is 9.01. The summed E-state index contributed by atoms with van der Waals surface area (Å²) in [5, 5.41) is 0. The van der Waals surface area contributed by atoms with Crippen molar-refractivity contribution in [3.8, 4) is 0 Å². The molecule has 0 unspecified atom stereocenters. The van der Waals surface area contributed by atoms with Crippen LogP contribution in [0.3, 0.4) is 0 Å². The molecule has 0 aliphatic carbocycles. The molecule has 0 amide bonds. The van der Waals surface area contributed by atoms with Crippen molar-refractivity contribution in [2.45, 2.75) is 0 Å². The summed E-state index contributed by atoms with van der Waals surface area (Å²) in [6, 6.07) is 0. The van der Waals surface area contributed by atoms with Crippen LogP contribution in [0, 0.1) is 0 Å². The maximum atomic E-state index is 11.4. The molecular formula is C5H10N4O2S. The van der Waals surface area contributed by atoms with Crippen molar-refractivity contribution in [2.24, 2.45) is 0 Å². The van der Waals surface area contributed by atoms with Crippen LogP contribution in [0.2, 0.25) is 0 Å². The zero-order valence-corrected chi connectivity index (χ0v) is 7.61. The topological polar surface area (TPSA) is 81.2 Å². The SMILES string of the molecule is CN(C)S(=O)(=O)n1ccnc1N. The van der Waals surface area contributed by atoms with Crippen LogP contribution in [-0.4, -0.2) is 35.8 Å². The number of anilines is 1. The Morgan fingerprint density at radius 3 is 2.50 bits per heavy atom. The molecule has 0 radical (unpaired) electrons. The van der Waals surface area contributed by atoms with E-state index in [0.717, 1.165) is 8.28 Å². The minimum atomic E-state index is -3.50. The third-order valence-electron chi connectivity index (χ3n) is 1.34. The number of imidazole rings is 1. The Morgan fingerprint density at radius 1 is 1.58 bits per heavy atom. The van der Waals surface area contributed by atoms with Gasteiger partial charge in [0.05, 0.1) is 0 Å². The second-order valence-corrected chi connectivity index (χ2v) is 4.39. The zero-order chi connectivity index (χ0) is 9.35. The van der Waals surface area contributed by atoms with Crippen LogP contribution in [0.4, 0.5) is 5.95 Å². The highest BCUT2D eigenvalue weighted by molar-refractivity contribution is 7.87. The molecule has 1 aromatic heterocycles. The van der Waals surface area contributed by atoms with Gasteiger partial charge >= 0.3 is 10.2 Å². The molecule has 0 aromatic carbocycles. The first-order valence-electron chi connectivity index (χ1n) is 3.18. The Labute approximate surface area is 70.8 Å². The number of hydrogen-bond donors (Lipinski definition) is 1. The van der Waals surface area contributed by atoms with Crippen LogP contribution in [0.5, 0.6) is 0 Å². The molecule has 6 nitrogen and oxygen atoms in total. The van der Waals surface area contributed by atoms with E-state index in [1.165, 1.54) is 26.5 Å². The Kier molecular flexibility index (Phi) is 2.07. The summed E-state index contributed by atoms with van der Waals surface area (Å²) in [7, 11) is -0.651. The molecule has 68 valence electrons. The Balaban J connectivity index is 3.24. The fourth-order valence-electron chi connectivity index (χ4n) is 0.675. The Hall–Kier alpha value is -1.08. The lowest BCUT2D eigenvalue weighted by Gasteiger charge is -2.11. The van der Waals surface area contributed by atoms with Gasteiger partial charge in [-0.1, -0.05) is 0 Å². The molecule has 0 bridgehead atoms. The van der Waals surface area contributed by atoms with Crippen molar-refractivity contribution in [3.63, 3.8) is 0 Å².